The van der Waals surface area contributed by atoms with Crippen LogP contribution < -0.4 is 0 Å². The Morgan fingerprint density at radius 1 is 0.623 bits per heavy atom. The fourth-order valence-corrected chi connectivity index (χ4v) is 17.5. The molecule has 8 aliphatic rings. The summed E-state index contributed by atoms with van der Waals surface area (Å²) >= 11 is 0. The molecule has 0 aromatic heterocycles. The lowest BCUT2D eigenvalue weighted by Crippen LogP contribution is -2.58. The van der Waals surface area contributed by atoms with Crippen molar-refractivity contribution in [2.24, 2.45) is 92.7 Å². The van der Waals surface area contributed by atoms with Crippen molar-refractivity contribution in [2.45, 2.75) is 183 Å². The molecule has 0 aromatic rings. The number of aliphatic hydroxyl groups excluding tert-OH is 2. The summed E-state index contributed by atoms with van der Waals surface area (Å²) in [6.07, 6.45) is 20.3. The summed E-state index contributed by atoms with van der Waals surface area (Å²) in [5.41, 5.74) is 2.58. The summed E-state index contributed by atoms with van der Waals surface area (Å²) in [6.45, 7) is 18.2. The Hall–Kier alpha value is -2.32. The number of hydrogen-bond acceptors (Lipinski definition) is 7. The van der Waals surface area contributed by atoms with Crippen molar-refractivity contribution < 1.29 is 39.2 Å². The molecule has 0 bridgehead atoms. The van der Waals surface area contributed by atoms with E-state index in [1.165, 1.54) is 20.0 Å². The Balaban J connectivity index is 0.000000184. The number of methoxy groups -OCH3 is 1. The predicted molar refractivity (Wildman–Crippen MR) is 238 cm³/mol. The van der Waals surface area contributed by atoms with E-state index in [0.717, 1.165) is 101 Å². The molecule has 8 aliphatic carbocycles. The normalized spacial score (nSPS) is 47.4. The summed E-state index contributed by atoms with van der Waals surface area (Å²) in [6, 6.07) is 0. The number of allylic oxidation sites excluding steroid dienone is 4. The van der Waals surface area contributed by atoms with E-state index in [9.17, 15) is 29.4 Å². The summed E-state index contributed by atoms with van der Waals surface area (Å²) in [5, 5.41) is 29.9. The number of fused-ring (bicyclic) bond motifs is 10. The van der Waals surface area contributed by atoms with Crippen molar-refractivity contribution in [2.75, 3.05) is 7.11 Å². The van der Waals surface area contributed by atoms with Gasteiger partial charge < -0.3 is 20.1 Å². The van der Waals surface area contributed by atoms with Gasteiger partial charge in [-0.25, -0.2) is 0 Å². The maximum Gasteiger partial charge on any atom is 0.305 e. The van der Waals surface area contributed by atoms with Crippen molar-refractivity contribution in [1.82, 2.24) is 0 Å². The lowest BCUT2D eigenvalue weighted by Gasteiger charge is -2.61. The van der Waals surface area contributed by atoms with Gasteiger partial charge in [0, 0.05) is 24.7 Å². The third-order valence-corrected chi connectivity index (χ3v) is 20.8. The Morgan fingerprint density at radius 3 is 1.38 bits per heavy atom. The molecule has 0 saturated heterocycles. The van der Waals surface area contributed by atoms with Gasteiger partial charge in [0.05, 0.1) is 19.3 Å². The molecular weight excluding hydrogens is 765 g/mol. The van der Waals surface area contributed by atoms with Crippen LogP contribution in [0.2, 0.25) is 0 Å². The smallest absolute Gasteiger partial charge is 0.305 e. The van der Waals surface area contributed by atoms with E-state index in [0.29, 0.717) is 65.3 Å². The first-order valence-corrected chi connectivity index (χ1v) is 24.9. The Kier molecular flexibility index (Phi) is 13.4. The molecule has 2 unspecified atom stereocenters. The topological polar surface area (TPSA) is 138 Å². The number of rotatable bonds is 8. The molecule has 8 nitrogen and oxygen atoms in total. The molecule has 0 amide bonds. The highest BCUT2D eigenvalue weighted by Crippen LogP contribution is 2.70. The molecular formula is C53H82O8. The summed E-state index contributed by atoms with van der Waals surface area (Å²) in [5.74, 6) is 4.31. The zero-order chi connectivity index (χ0) is 44.4. The molecule has 8 heteroatoms. The van der Waals surface area contributed by atoms with Crippen LogP contribution in [0.25, 0.3) is 0 Å². The molecule has 342 valence electrons. The van der Waals surface area contributed by atoms with E-state index in [1.54, 1.807) is 0 Å². The van der Waals surface area contributed by atoms with Crippen LogP contribution in [0.5, 0.6) is 0 Å². The standard InChI is InChI=1S/C27H42O4.C26H40O4/c1-6-18-22-15-17(28)11-13-27(22,4)21-12-14-26(3)19(16(2)7-10-23(29)31-5)8-9-20(26)24(21)25(18)30;1-5-17-21-14-16(27)10-12-26(21,4)20-11-13-25(3)18(15(2)6-9-22(28)29)7-8-19(25)23(20)24(17)30/h6,16-17,19-22,24,28H,7-15H2,1-5H3;5,15-16,18-21,23,27H,6-14H2,1-4H3,(H,28,29)/t16?,17-,19-,20+,21+,22+,24+,26-,27-;15?,16-,18-,19+,20+,21+,23+,25-,26-/m11/s1. The minimum absolute atomic E-state index is 0.114. The van der Waals surface area contributed by atoms with Crippen molar-refractivity contribution in [1.29, 1.82) is 0 Å². The second kappa shape index (κ2) is 17.6. The zero-order valence-electron chi connectivity index (χ0n) is 39.3. The molecule has 8 rings (SSSR count). The number of aliphatic hydroxyl groups is 2. The summed E-state index contributed by atoms with van der Waals surface area (Å²) < 4.78 is 4.87. The number of ketones is 2. The monoisotopic (exact) mass is 847 g/mol. The Labute approximate surface area is 367 Å². The average Bonchev–Trinajstić information content (AvgIpc) is 3.77. The first kappa shape index (κ1) is 46.7. The highest BCUT2D eigenvalue weighted by atomic mass is 16.5. The van der Waals surface area contributed by atoms with Crippen molar-refractivity contribution in [3.8, 4) is 0 Å². The molecule has 0 spiro atoms. The first-order valence-electron chi connectivity index (χ1n) is 24.9. The number of Topliss-reactive ketones (excluding diaryl/α,β-unsaturated/α-hetero) is 2. The van der Waals surface area contributed by atoms with Crippen LogP contribution in [-0.2, 0) is 23.9 Å². The van der Waals surface area contributed by atoms with Crippen LogP contribution in [0.4, 0.5) is 0 Å². The van der Waals surface area contributed by atoms with Crippen LogP contribution in [0.1, 0.15) is 171 Å². The van der Waals surface area contributed by atoms with Crippen LogP contribution in [0, 0.1) is 92.7 Å². The average molecular weight is 847 g/mol. The summed E-state index contributed by atoms with van der Waals surface area (Å²) in [7, 11) is 1.47. The minimum Gasteiger partial charge on any atom is -0.481 e. The lowest BCUT2D eigenvalue weighted by molar-refractivity contribution is -0.150. The highest BCUT2D eigenvalue weighted by Gasteiger charge is 2.66. The maximum absolute atomic E-state index is 13.9. The van der Waals surface area contributed by atoms with Gasteiger partial charge in [-0.1, -0.05) is 53.7 Å². The van der Waals surface area contributed by atoms with Crippen molar-refractivity contribution >= 4 is 23.5 Å². The van der Waals surface area contributed by atoms with Gasteiger partial charge >= 0.3 is 11.9 Å². The lowest BCUT2D eigenvalue weighted by atomic mass is 9.43. The van der Waals surface area contributed by atoms with E-state index >= 15 is 0 Å². The zero-order valence-corrected chi connectivity index (χ0v) is 39.3. The van der Waals surface area contributed by atoms with Gasteiger partial charge in [0.2, 0.25) is 0 Å². The number of carboxylic acid groups (broad SMARTS) is 1. The van der Waals surface area contributed by atoms with E-state index in [1.807, 2.05) is 19.9 Å². The van der Waals surface area contributed by atoms with Crippen molar-refractivity contribution in [3.05, 3.63) is 23.3 Å². The van der Waals surface area contributed by atoms with Crippen LogP contribution >= 0.6 is 0 Å². The first-order chi connectivity index (χ1) is 28.8. The third kappa shape index (κ3) is 7.77. The van der Waals surface area contributed by atoms with E-state index in [4.69, 9.17) is 9.84 Å². The molecule has 0 aliphatic heterocycles. The number of esters is 1. The van der Waals surface area contributed by atoms with Crippen LogP contribution in [0.3, 0.4) is 0 Å². The Morgan fingerprint density at radius 2 is 1.00 bits per heavy atom. The predicted octanol–water partition coefficient (Wildman–Crippen LogP) is 10.6. The van der Waals surface area contributed by atoms with E-state index in [-0.39, 0.29) is 69.9 Å². The second-order valence-electron chi connectivity index (χ2n) is 23.1. The second-order valence-corrected chi connectivity index (χ2v) is 23.1. The quantitative estimate of drug-likeness (QED) is 0.162. The fraction of sp³-hybridized carbons (Fsp3) is 0.849. The number of carboxylic acids is 1. The number of hydrogen-bond donors (Lipinski definition) is 3. The minimum atomic E-state index is -0.705. The largest absolute Gasteiger partial charge is 0.481 e. The van der Waals surface area contributed by atoms with Gasteiger partial charge in [-0.15, -0.1) is 0 Å². The van der Waals surface area contributed by atoms with Gasteiger partial charge in [0.25, 0.3) is 0 Å². The highest BCUT2D eigenvalue weighted by molar-refractivity contribution is 6.00. The summed E-state index contributed by atoms with van der Waals surface area (Å²) in [4.78, 5) is 50.5. The number of carbonyl (C=O) groups is 4. The van der Waals surface area contributed by atoms with Crippen LogP contribution in [-0.4, -0.2) is 58.1 Å². The number of carbonyl (C=O) groups excluding carboxylic acids is 3. The van der Waals surface area contributed by atoms with Gasteiger partial charge in [0.1, 0.15) is 0 Å². The number of ether oxygens (including phenoxy) is 1. The molecule has 3 N–H and O–H groups in total. The van der Waals surface area contributed by atoms with E-state index in [2.05, 4.69) is 47.6 Å². The van der Waals surface area contributed by atoms with Crippen molar-refractivity contribution in [3.63, 3.8) is 0 Å². The SMILES string of the molecule is CC=C1C(=O)[C@@H]2[C@H](CC[C@]3(C)[C@@H](C(C)CCC(=O)O)CC[C@@H]23)[C@@]2(C)CC[C@@H](O)C[C@@H]12.CC=C1C(=O)[C@@H]2[C@H](CC[C@]3(C)[C@@H](C(C)CCC(=O)OC)CC[C@@H]23)[C@@]2(C)CC[C@@H](O)C[C@@H]12. The molecule has 0 radical (unpaired) electrons. The van der Waals surface area contributed by atoms with Gasteiger partial charge in [-0.2, -0.15) is 0 Å². The van der Waals surface area contributed by atoms with Gasteiger partial charge in [0.15, 0.2) is 11.6 Å². The van der Waals surface area contributed by atoms with Crippen LogP contribution in [0.15, 0.2) is 23.3 Å². The van der Waals surface area contributed by atoms with E-state index < -0.39 is 5.97 Å². The van der Waals surface area contributed by atoms with Gasteiger partial charge in [-0.3, -0.25) is 19.2 Å². The Bertz CT molecular complexity index is 1750. The molecule has 0 aromatic carbocycles. The fourth-order valence-electron chi connectivity index (χ4n) is 17.5. The van der Waals surface area contributed by atoms with Gasteiger partial charge in [-0.05, 0) is 209 Å². The molecule has 18 atom stereocenters. The molecule has 61 heavy (non-hydrogen) atoms. The molecule has 8 fully saturated rings. The molecule has 8 saturated carbocycles. The third-order valence-electron chi connectivity index (χ3n) is 20.8. The number of aliphatic carboxylic acids is 1. The molecule has 0 heterocycles. The maximum atomic E-state index is 13.9.